The number of carbonyl (C=O) groups is 1. The van der Waals surface area contributed by atoms with E-state index in [2.05, 4.69) is 0 Å². The van der Waals surface area contributed by atoms with Gasteiger partial charge in [0.1, 0.15) is 11.4 Å². The molecule has 2 aromatic rings. The zero-order valence-corrected chi connectivity index (χ0v) is 12.2. The summed E-state index contributed by atoms with van der Waals surface area (Å²) in [6, 6.07) is 7.66. The Morgan fingerprint density at radius 2 is 2.09 bits per heavy atom. The van der Waals surface area contributed by atoms with Crippen LogP contribution in [0.5, 0.6) is 0 Å². The lowest BCUT2D eigenvalue weighted by Crippen LogP contribution is -2.34. The Kier molecular flexibility index (Phi) is 3.98. The second-order valence-corrected chi connectivity index (χ2v) is 5.74. The van der Waals surface area contributed by atoms with Crippen LogP contribution in [0.15, 0.2) is 47.3 Å². The number of hydrogen-bond acceptors (Lipinski definition) is 3. The van der Waals surface area contributed by atoms with Gasteiger partial charge in [-0.15, -0.1) is 0 Å². The number of rotatable bonds is 4. The summed E-state index contributed by atoms with van der Waals surface area (Å²) >= 11 is 0. The molecular weight excluding hydrogens is 285 g/mol. The van der Waals surface area contributed by atoms with Crippen molar-refractivity contribution >= 4 is 5.91 Å². The molecule has 1 aliphatic rings. The third kappa shape index (κ3) is 3.04. The van der Waals surface area contributed by atoms with Gasteiger partial charge in [0.25, 0.3) is 0 Å². The third-order valence-electron chi connectivity index (χ3n) is 4.19. The first-order valence-electron chi connectivity index (χ1n) is 7.34. The predicted molar refractivity (Wildman–Crippen MR) is 78.5 cm³/mol. The number of furan rings is 1. The van der Waals surface area contributed by atoms with Crippen molar-refractivity contribution in [3.8, 4) is 0 Å². The molecule has 1 aliphatic heterocycles. The normalized spacial score (nSPS) is 21.3. The van der Waals surface area contributed by atoms with Gasteiger partial charge in [0.2, 0.25) is 5.91 Å². The first-order valence-corrected chi connectivity index (χ1v) is 7.34. The fraction of sp³-hybridized carbons (Fsp3) is 0.353. The SMILES string of the molecule is O=C(CCc1ccoc1)N1CCC(O)(c2ccc(F)cc2)C1. The van der Waals surface area contributed by atoms with E-state index < -0.39 is 5.60 Å². The van der Waals surface area contributed by atoms with E-state index in [-0.39, 0.29) is 18.3 Å². The van der Waals surface area contributed by atoms with Gasteiger partial charge in [0.15, 0.2) is 0 Å². The van der Waals surface area contributed by atoms with Crippen LogP contribution in [-0.2, 0) is 16.8 Å². The van der Waals surface area contributed by atoms with Crippen LogP contribution in [0.1, 0.15) is 24.0 Å². The molecule has 1 saturated heterocycles. The van der Waals surface area contributed by atoms with E-state index in [1.165, 1.54) is 12.1 Å². The Labute approximate surface area is 128 Å². The van der Waals surface area contributed by atoms with Crippen LogP contribution in [0.3, 0.4) is 0 Å². The first-order chi connectivity index (χ1) is 10.6. The average molecular weight is 303 g/mol. The Morgan fingerprint density at radius 1 is 1.32 bits per heavy atom. The maximum atomic E-state index is 13.0. The zero-order chi connectivity index (χ0) is 15.6. The second-order valence-electron chi connectivity index (χ2n) is 5.74. The van der Waals surface area contributed by atoms with E-state index in [1.54, 1.807) is 29.6 Å². The Bertz CT molecular complexity index is 638. The summed E-state index contributed by atoms with van der Waals surface area (Å²) in [5.74, 6) is -0.322. The van der Waals surface area contributed by atoms with E-state index in [1.807, 2.05) is 6.07 Å². The van der Waals surface area contributed by atoms with Crippen molar-refractivity contribution < 1.29 is 18.7 Å². The van der Waals surface area contributed by atoms with Crippen LogP contribution in [0.2, 0.25) is 0 Å². The smallest absolute Gasteiger partial charge is 0.223 e. The van der Waals surface area contributed by atoms with Gasteiger partial charge in [-0.3, -0.25) is 4.79 Å². The fourth-order valence-corrected chi connectivity index (χ4v) is 2.85. The van der Waals surface area contributed by atoms with Gasteiger partial charge in [-0.2, -0.15) is 0 Å². The van der Waals surface area contributed by atoms with E-state index in [0.717, 1.165) is 5.56 Å². The quantitative estimate of drug-likeness (QED) is 0.944. The number of aryl methyl sites for hydroxylation is 1. The van der Waals surface area contributed by atoms with Gasteiger partial charge >= 0.3 is 0 Å². The Hall–Kier alpha value is -2.14. The molecule has 0 spiro atoms. The van der Waals surface area contributed by atoms with Crippen LogP contribution >= 0.6 is 0 Å². The first kappa shape index (κ1) is 14.8. The summed E-state index contributed by atoms with van der Waals surface area (Å²) in [4.78, 5) is 13.9. The van der Waals surface area contributed by atoms with Crippen molar-refractivity contribution in [1.82, 2.24) is 4.90 Å². The highest BCUT2D eigenvalue weighted by Gasteiger charge is 2.39. The molecule has 1 aromatic carbocycles. The standard InChI is InChI=1S/C17H18FNO3/c18-15-4-2-14(3-5-15)17(21)8-9-19(12-17)16(20)6-1-13-7-10-22-11-13/h2-5,7,10-11,21H,1,6,8-9,12H2. The molecule has 116 valence electrons. The highest BCUT2D eigenvalue weighted by Crippen LogP contribution is 2.32. The molecule has 1 amide bonds. The van der Waals surface area contributed by atoms with Crippen molar-refractivity contribution in [1.29, 1.82) is 0 Å². The molecule has 5 heteroatoms. The minimum Gasteiger partial charge on any atom is -0.472 e. The molecule has 0 bridgehead atoms. The molecular formula is C17H18FNO3. The number of β-amino-alcohol motifs (C(OH)–C–C–N with tert-alkyl or cyclic N) is 1. The number of benzene rings is 1. The van der Waals surface area contributed by atoms with E-state index in [9.17, 15) is 14.3 Å². The lowest BCUT2D eigenvalue weighted by Gasteiger charge is -2.24. The third-order valence-corrected chi connectivity index (χ3v) is 4.19. The number of amides is 1. The maximum absolute atomic E-state index is 13.0. The topological polar surface area (TPSA) is 53.7 Å². The van der Waals surface area contributed by atoms with Crippen molar-refractivity contribution in [2.45, 2.75) is 24.9 Å². The van der Waals surface area contributed by atoms with E-state index in [4.69, 9.17) is 4.42 Å². The van der Waals surface area contributed by atoms with Crippen molar-refractivity contribution in [3.63, 3.8) is 0 Å². The minimum atomic E-state index is -1.08. The summed E-state index contributed by atoms with van der Waals surface area (Å²) in [6.07, 6.45) is 4.70. The molecule has 1 atom stereocenters. The molecule has 1 fully saturated rings. The monoisotopic (exact) mass is 303 g/mol. The summed E-state index contributed by atoms with van der Waals surface area (Å²) < 4.78 is 18.0. The van der Waals surface area contributed by atoms with Crippen LogP contribution in [0.25, 0.3) is 0 Å². The Balaban J connectivity index is 1.61. The van der Waals surface area contributed by atoms with Crippen LogP contribution in [0.4, 0.5) is 4.39 Å². The lowest BCUT2D eigenvalue weighted by molar-refractivity contribution is -0.131. The van der Waals surface area contributed by atoms with Gasteiger partial charge in [0.05, 0.1) is 19.1 Å². The summed E-state index contributed by atoms with van der Waals surface area (Å²) in [7, 11) is 0. The molecule has 22 heavy (non-hydrogen) atoms. The average Bonchev–Trinajstić information content (AvgIpc) is 3.16. The minimum absolute atomic E-state index is 0.0132. The van der Waals surface area contributed by atoms with Gasteiger partial charge in [-0.05, 0) is 42.2 Å². The molecule has 0 saturated carbocycles. The van der Waals surface area contributed by atoms with Crippen molar-refractivity contribution in [3.05, 3.63) is 59.8 Å². The summed E-state index contributed by atoms with van der Waals surface area (Å²) in [5, 5.41) is 10.7. The maximum Gasteiger partial charge on any atom is 0.223 e. The van der Waals surface area contributed by atoms with E-state index in [0.29, 0.717) is 31.4 Å². The van der Waals surface area contributed by atoms with Gasteiger partial charge < -0.3 is 14.4 Å². The number of hydrogen-bond donors (Lipinski definition) is 1. The predicted octanol–water partition coefficient (Wildman–Crippen LogP) is 2.47. The molecule has 1 N–H and O–H groups in total. The molecule has 4 nitrogen and oxygen atoms in total. The largest absolute Gasteiger partial charge is 0.472 e. The van der Waals surface area contributed by atoms with E-state index >= 15 is 0 Å². The molecule has 0 aliphatic carbocycles. The highest BCUT2D eigenvalue weighted by molar-refractivity contribution is 5.77. The number of carbonyl (C=O) groups excluding carboxylic acids is 1. The Morgan fingerprint density at radius 3 is 2.77 bits per heavy atom. The number of aliphatic hydroxyl groups is 1. The number of nitrogens with zero attached hydrogens (tertiary/aromatic N) is 1. The second kappa shape index (κ2) is 5.93. The molecule has 2 heterocycles. The molecule has 3 rings (SSSR count). The van der Waals surface area contributed by atoms with Crippen molar-refractivity contribution in [2.24, 2.45) is 0 Å². The summed E-state index contributed by atoms with van der Waals surface area (Å²) in [5.41, 5.74) is 0.555. The molecule has 1 aromatic heterocycles. The number of halogens is 1. The van der Waals surface area contributed by atoms with Gasteiger partial charge in [-0.1, -0.05) is 12.1 Å². The molecule has 0 radical (unpaired) electrons. The fourth-order valence-electron chi connectivity index (χ4n) is 2.85. The lowest BCUT2D eigenvalue weighted by atomic mass is 9.93. The summed E-state index contributed by atoms with van der Waals surface area (Å²) in [6.45, 7) is 0.765. The van der Waals surface area contributed by atoms with Crippen LogP contribution in [0, 0.1) is 5.82 Å². The van der Waals surface area contributed by atoms with Gasteiger partial charge in [0, 0.05) is 13.0 Å². The highest BCUT2D eigenvalue weighted by atomic mass is 19.1. The molecule has 1 unspecified atom stereocenters. The zero-order valence-electron chi connectivity index (χ0n) is 12.2. The number of likely N-dealkylation sites (tertiary alicyclic amines) is 1. The van der Waals surface area contributed by atoms with Crippen LogP contribution < -0.4 is 0 Å². The van der Waals surface area contributed by atoms with Gasteiger partial charge in [-0.25, -0.2) is 4.39 Å². The van der Waals surface area contributed by atoms with Crippen LogP contribution in [-0.4, -0.2) is 29.0 Å². The van der Waals surface area contributed by atoms with Crippen molar-refractivity contribution in [2.75, 3.05) is 13.1 Å².